The van der Waals surface area contributed by atoms with Crippen LogP contribution in [0.25, 0.3) is 5.69 Å². The van der Waals surface area contributed by atoms with Gasteiger partial charge in [-0.1, -0.05) is 47.1 Å². The van der Waals surface area contributed by atoms with Crippen LogP contribution in [-0.4, -0.2) is 14.8 Å². The molecule has 1 heterocycles. The normalized spacial score (nSPS) is 10.9. The van der Waals surface area contributed by atoms with Gasteiger partial charge in [0.15, 0.2) is 5.16 Å². The Labute approximate surface area is 143 Å². The molecule has 0 N–H and O–H groups in total. The molecule has 0 aliphatic rings. The van der Waals surface area contributed by atoms with Gasteiger partial charge in [0.2, 0.25) is 0 Å². The predicted octanol–water partition coefficient (Wildman–Crippen LogP) is 5.17. The zero-order valence-corrected chi connectivity index (χ0v) is 14.2. The third-order valence-corrected chi connectivity index (χ3v) is 4.62. The maximum atomic E-state index is 6.02. The van der Waals surface area contributed by atoms with E-state index in [4.69, 9.17) is 23.2 Å². The molecule has 0 saturated carbocycles. The van der Waals surface area contributed by atoms with E-state index in [0.717, 1.165) is 33.0 Å². The fourth-order valence-electron chi connectivity index (χ4n) is 2.10. The highest BCUT2D eigenvalue weighted by molar-refractivity contribution is 7.98. The smallest absolute Gasteiger partial charge is 0.196 e. The van der Waals surface area contributed by atoms with Gasteiger partial charge in [0.25, 0.3) is 0 Å². The van der Waals surface area contributed by atoms with Gasteiger partial charge in [-0.15, -0.1) is 10.2 Å². The number of benzene rings is 2. The molecule has 0 saturated heterocycles. The molecule has 1 aromatic heterocycles. The van der Waals surface area contributed by atoms with Crippen molar-refractivity contribution in [1.29, 1.82) is 0 Å². The molecule has 3 rings (SSSR count). The topological polar surface area (TPSA) is 30.7 Å². The van der Waals surface area contributed by atoms with Gasteiger partial charge < -0.3 is 0 Å². The van der Waals surface area contributed by atoms with Gasteiger partial charge in [-0.2, -0.15) is 0 Å². The number of nitrogens with zero attached hydrogens (tertiary/aromatic N) is 3. The second-order valence-corrected chi connectivity index (χ2v) is 6.58. The minimum atomic E-state index is 0.711. The monoisotopic (exact) mass is 349 g/mol. The number of thioether (sulfide) groups is 1. The maximum Gasteiger partial charge on any atom is 0.196 e. The van der Waals surface area contributed by atoms with Gasteiger partial charge in [-0.05, 0) is 48.9 Å². The van der Waals surface area contributed by atoms with E-state index >= 15 is 0 Å². The molecule has 0 atom stereocenters. The lowest BCUT2D eigenvalue weighted by molar-refractivity contribution is 0.868. The number of aryl methyl sites for hydroxylation is 1. The van der Waals surface area contributed by atoms with Gasteiger partial charge in [0, 0.05) is 21.5 Å². The molecule has 2 aromatic carbocycles. The second-order valence-electron chi connectivity index (χ2n) is 4.76. The van der Waals surface area contributed by atoms with Crippen molar-refractivity contribution in [2.45, 2.75) is 17.8 Å². The van der Waals surface area contributed by atoms with Crippen molar-refractivity contribution in [3.8, 4) is 5.69 Å². The Kier molecular flexibility index (Phi) is 4.71. The highest BCUT2D eigenvalue weighted by Crippen LogP contribution is 2.26. The first-order valence-corrected chi connectivity index (χ1v) is 8.43. The van der Waals surface area contributed by atoms with Crippen molar-refractivity contribution < 1.29 is 0 Å². The van der Waals surface area contributed by atoms with Crippen LogP contribution in [0, 0.1) is 6.92 Å². The highest BCUT2D eigenvalue weighted by atomic mass is 35.5. The fourth-order valence-corrected chi connectivity index (χ4v) is 3.38. The van der Waals surface area contributed by atoms with E-state index in [9.17, 15) is 0 Å². The number of rotatable bonds is 4. The first kappa shape index (κ1) is 15.4. The standard InChI is InChI=1S/C16H13Cl2N3S/c1-11-19-20-16(21(11)15-7-5-13(17)6-8-15)22-10-12-3-2-4-14(18)9-12/h2-9H,10H2,1H3. The third kappa shape index (κ3) is 3.46. The van der Waals surface area contributed by atoms with Crippen LogP contribution in [-0.2, 0) is 5.75 Å². The second kappa shape index (κ2) is 6.73. The van der Waals surface area contributed by atoms with Crippen LogP contribution in [0.15, 0.2) is 53.7 Å². The van der Waals surface area contributed by atoms with E-state index in [1.807, 2.05) is 54.0 Å². The summed E-state index contributed by atoms with van der Waals surface area (Å²) in [6.07, 6.45) is 0. The molecule has 6 heteroatoms. The van der Waals surface area contributed by atoms with Crippen molar-refractivity contribution in [2.75, 3.05) is 0 Å². The highest BCUT2D eigenvalue weighted by Gasteiger charge is 2.11. The zero-order chi connectivity index (χ0) is 15.5. The average Bonchev–Trinajstić information content (AvgIpc) is 2.87. The van der Waals surface area contributed by atoms with Crippen molar-refractivity contribution in [2.24, 2.45) is 0 Å². The fraction of sp³-hybridized carbons (Fsp3) is 0.125. The lowest BCUT2D eigenvalue weighted by atomic mass is 10.2. The molecule has 0 spiro atoms. The third-order valence-electron chi connectivity index (χ3n) is 3.14. The van der Waals surface area contributed by atoms with Crippen LogP contribution in [0.1, 0.15) is 11.4 Å². The predicted molar refractivity (Wildman–Crippen MR) is 92.1 cm³/mol. The van der Waals surface area contributed by atoms with Gasteiger partial charge >= 0.3 is 0 Å². The Hall–Kier alpha value is -1.49. The Balaban J connectivity index is 1.84. The summed E-state index contributed by atoms with van der Waals surface area (Å²) in [5.74, 6) is 1.63. The molecule has 3 aromatic rings. The molecular formula is C16H13Cl2N3S. The van der Waals surface area contributed by atoms with Crippen LogP contribution in [0.5, 0.6) is 0 Å². The summed E-state index contributed by atoms with van der Waals surface area (Å²) >= 11 is 13.6. The molecule has 0 aliphatic heterocycles. The summed E-state index contributed by atoms with van der Waals surface area (Å²) in [5, 5.41) is 10.7. The van der Waals surface area contributed by atoms with Crippen molar-refractivity contribution in [1.82, 2.24) is 14.8 Å². The number of halogens is 2. The molecule has 22 heavy (non-hydrogen) atoms. The molecule has 0 bridgehead atoms. The molecule has 112 valence electrons. The SMILES string of the molecule is Cc1nnc(SCc2cccc(Cl)c2)n1-c1ccc(Cl)cc1. The summed E-state index contributed by atoms with van der Waals surface area (Å²) in [6, 6.07) is 15.5. The minimum absolute atomic E-state index is 0.711. The summed E-state index contributed by atoms with van der Waals surface area (Å²) in [6.45, 7) is 1.94. The Bertz CT molecular complexity index is 784. The first-order chi connectivity index (χ1) is 10.6. The van der Waals surface area contributed by atoms with E-state index in [2.05, 4.69) is 16.3 Å². The molecule has 0 amide bonds. The minimum Gasteiger partial charge on any atom is -0.274 e. The van der Waals surface area contributed by atoms with Crippen molar-refractivity contribution in [3.05, 3.63) is 70.0 Å². The molecule has 0 radical (unpaired) electrons. The first-order valence-electron chi connectivity index (χ1n) is 6.69. The lowest BCUT2D eigenvalue weighted by Crippen LogP contribution is -1.99. The van der Waals surface area contributed by atoms with Crippen LogP contribution >= 0.6 is 35.0 Å². The van der Waals surface area contributed by atoms with Crippen molar-refractivity contribution >= 4 is 35.0 Å². The molecular weight excluding hydrogens is 337 g/mol. The number of aromatic nitrogens is 3. The summed E-state index contributed by atoms with van der Waals surface area (Å²) in [7, 11) is 0. The Morgan fingerprint density at radius 1 is 1.00 bits per heavy atom. The molecule has 3 nitrogen and oxygen atoms in total. The van der Waals surface area contributed by atoms with Gasteiger partial charge in [-0.25, -0.2) is 0 Å². The van der Waals surface area contributed by atoms with E-state index in [1.165, 1.54) is 0 Å². The van der Waals surface area contributed by atoms with Crippen LogP contribution in [0.2, 0.25) is 10.0 Å². The zero-order valence-electron chi connectivity index (χ0n) is 11.8. The largest absolute Gasteiger partial charge is 0.274 e. The maximum absolute atomic E-state index is 6.02. The lowest BCUT2D eigenvalue weighted by Gasteiger charge is -2.08. The van der Waals surface area contributed by atoms with E-state index in [1.54, 1.807) is 11.8 Å². The van der Waals surface area contributed by atoms with Gasteiger partial charge in [0.05, 0.1) is 0 Å². The quantitative estimate of drug-likeness (QED) is 0.608. The summed E-state index contributed by atoms with van der Waals surface area (Å²) in [4.78, 5) is 0. The Morgan fingerprint density at radius 2 is 1.77 bits per heavy atom. The van der Waals surface area contributed by atoms with Gasteiger partial charge in [-0.3, -0.25) is 4.57 Å². The Morgan fingerprint density at radius 3 is 2.50 bits per heavy atom. The van der Waals surface area contributed by atoms with Crippen molar-refractivity contribution in [3.63, 3.8) is 0 Å². The molecule has 0 fully saturated rings. The van der Waals surface area contributed by atoms with Crippen LogP contribution in [0.3, 0.4) is 0 Å². The molecule has 0 aliphatic carbocycles. The number of hydrogen-bond acceptors (Lipinski definition) is 3. The van der Waals surface area contributed by atoms with Crippen LogP contribution in [0.4, 0.5) is 0 Å². The summed E-state index contributed by atoms with van der Waals surface area (Å²) < 4.78 is 2.02. The van der Waals surface area contributed by atoms with E-state index in [0.29, 0.717) is 5.02 Å². The van der Waals surface area contributed by atoms with Crippen LogP contribution < -0.4 is 0 Å². The van der Waals surface area contributed by atoms with E-state index in [-0.39, 0.29) is 0 Å². The molecule has 0 unspecified atom stereocenters. The average molecular weight is 350 g/mol. The summed E-state index contributed by atoms with van der Waals surface area (Å²) in [5.41, 5.74) is 2.15. The number of hydrogen-bond donors (Lipinski definition) is 0. The van der Waals surface area contributed by atoms with Gasteiger partial charge in [0.1, 0.15) is 5.82 Å². The van der Waals surface area contributed by atoms with E-state index < -0.39 is 0 Å².